The molecular weight excluding hydrogens is 230 g/mol. The van der Waals surface area contributed by atoms with Crippen molar-refractivity contribution in [2.24, 2.45) is 0 Å². The van der Waals surface area contributed by atoms with Gasteiger partial charge in [0.25, 0.3) is 0 Å². The molecule has 0 saturated carbocycles. The smallest absolute Gasteiger partial charge is 0.317 e. The number of carbonyl (C=O) groups is 1. The van der Waals surface area contributed by atoms with Crippen LogP contribution in [-0.2, 0) is 6.54 Å². The minimum Gasteiger partial charge on any atom is -0.486 e. The van der Waals surface area contributed by atoms with Crippen molar-refractivity contribution in [3.8, 4) is 10.9 Å². The molecule has 0 bridgehead atoms. The molecule has 0 saturated heterocycles. The molecule has 90 valence electrons. The van der Waals surface area contributed by atoms with Crippen LogP contribution in [0.1, 0.15) is 5.56 Å². The summed E-state index contributed by atoms with van der Waals surface area (Å²) in [4.78, 5) is 12.8. The highest BCUT2D eigenvalue weighted by atomic mass is 32.1. The minimum absolute atomic E-state index is 0.171. The minimum atomic E-state index is -0.171. The molecule has 0 unspecified atom stereocenters. The monoisotopic (exact) mass is 245 g/mol. The van der Waals surface area contributed by atoms with Crippen LogP contribution in [0, 0.1) is 0 Å². The van der Waals surface area contributed by atoms with Crippen molar-refractivity contribution >= 4 is 17.6 Å². The molecule has 2 amide bonds. The van der Waals surface area contributed by atoms with Gasteiger partial charge in [-0.05, 0) is 0 Å². The fourth-order valence-corrected chi connectivity index (χ4v) is 1.77. The zero-order chi connectivity index (χ0) is 12.1. The average molecular weight is 245 g/mol. The molecule has 0 aliphatic heterocycles. The molecule has 0 aromatic carbocycles. The fourth-order valence-electron chi connectivity index (χ4n) is 1.07. The summed E-state index contributed by atoms with van der Waals surface area (Å²) in [5.74, 6) is 0.487. The number of hydrogen-bond acceptors (Lipinski definition) is 5. The zero-order valence-corrected chi connectivity index (χ0v) is 10.6. The molecule has 0 aliphatic carbocycles. The Morgan fingerprint density at radius 1 is 1.44 bits per heavy atom. The summed E-state index contributed by atoms with van der Waals surface area (Å²) in [5, 5.41) is 3.38. The summed E-state index contributed by atoms with van der Waals surface area (Å²) < 4.78 is 14.3. The van der Waals surface area contributed by atoms with Gasteiger partial charge in [0.05, 0.1) is 26.3 Å². The first-order chi connectivity index (χ1) is 7.60. The van der Waals surface area contributed by atoms with Crippen molar-refractivity contribution in [2.75, 3.05) is 28.3 Å². The molecule has 6 nitrogen and oxygen atoms in total. The van der Waals surface area contributed by atoms with Gasteiger partial charge in [-0.3, -0.25) is 0 Å². The van der Waals surface area contributed by atoms with Gasteiger partial charge in [-0.25, -0.2) is 4.79 Å². The second kappa shape index (κ2) is 5.55. The maximum Gasteiger partial charge on any atom is 0.317 e. The largest absolute Gasteiger partial charge is 0.486 e. The van der Waals surface area contributed by atoms with E-state index in [2.05, 4.69) is 9.69 Å². The SMILES string of the molecule is COc1nsc(OC)c1CNC(=O)N(C)C. The summed E-state index contributed by atoms with van der Waals surface area (Å²) >= 11 is 1.20. The average Bonchev–Trinajstić information content (AvgIpc) is 2.67. The van der Waals surface area contributed by atoms with Crippen molar-refractivity contribution in [3.63, 3.8) is 0 Å². The number of ether oxygens (including phenoxy) is 2. The van der Waals surface area contributed by atoms with Crippen LogP contribution in [0.2, 0.25) is 0 Å². The number of nitrogens with zero attached hydrogens (tertiary/aromatic N) is 2. The highest BCUT2D eigenvalue weighted by Crippen LogP contribution is 2.31. The molecule has 0 aliphatic rings. The number of aromatic nitrogens is 1. The van der Waals surface area contributed by atoms with Crippen molar-refractivity contribution in [1.82, 2.24) is 14.6 Å². The maximum absolute atomic E-state index is 11.4. The van der Waals surface area contributed by atoms with E-state index in [0.29, 0.717) is 17.5 Å². The van der Waals surface area contributed by atoms with Crippen LogP contribution < -0.4 is 14.8 Å². The number of urea groups is 1. The van der Waals surface area contributed by atoms with Crippen molar-refractivity contribution < 1.29 is 14.3 Å². The van der Waals surface area contributed by atoms with Crippen LogP contribution in [0.5, 0.6) is 10.9 Å². The number of amides is 2. The predicted octanol–water partition coefficient (Wildman–Crippen LogP) is 0.931. The molecule has 0 spiro atoms. The Morgan fingerprint density at radius 3 is 2.62 bits per heavy atom. The lowest BCUT2D eigenvalue weighted by Crippen LogP contribution is -2.34. The lowest BCUT2D eigenvalue weighted by molar-refractivity contribution is 0.216. The topological polar surface area (TPSA) is 63.7 Å². The first-order valence-electron chi connectivity index (χ1n) is 4.61. The zero-order valence-electron chi connectivity index (χ0n) is 9.73. The summed E-state index contributed by atoms with van der Waals surface area (Å²) in [6.07, 6.45) is 0. The van der Waals surface area contributed by atoms with Crippen molar-refractivity contribution in [1.29, 1.82) is 0 Å². The lowest BCUT2D eigenvalue weighted by atomic mass is 10.3. The van der Waals surface area contributed by atoms with Crippen LogP contribution in [0.15, 0.2) is 0 Å². The van der Waals surface area contributed by atoms with E-state index in [9.17, 15) is 4.79 Å². The van der Waals surface area contributed by atoms with E-state index in [0.717, 1.165) is 5.56 Å². The number of carbonyl (C=O) groups excluding carboxylic acids is 1. The van der Waals surface area contributed by atoms with Crippen molar-refractivity contribution in [2.45, 2.75) is 6.54 Å². The van der Waals surface area contributed by atoms with Gasteiger partial charge in [-0.2, -0.15) is 4.37 Å². The molecule has 7 heteroatoms. The summed E-state index contributed by atoms with van der Waals surface area (Å²) in [6, 6.07) is -0.171. The van der Waals surface area contributed by atoms with Crippen LogP contribution in [-0.4, -0.2) is 43.6 Å². The third kappa shape index (κ3) is 2.75. The number of rotatable bonds is 4. The Hall–Kier alpha value is -1.50. The Kier molecular flexibility index (Phi) is 4.36. The van der Waals surface area contributed by atoms with E-state index in [1.165, 1.54) is 23.5 Å². The Morgan fingerprint density at radius 2 is 2.12 bits per heavy atom. The molecule has 1 aromatic rings. The molecule has 1 heterocycles. The molecule has 0 radical (unpaired) electrons. The highest BCUT2D eigenvalue weighted by molar-refractivity contribution is 7.08. The maximum atomic E-state index is 11.4. The van der Waals surface area contributed by atoms with E-state index in [1.807, 2.05) is 0 Å². The molecule has 1 rings (SSSR count). The van der Waals surface area contributed by atoms with Crippen LogP contribution in [0.4, 0.5) is 4.79 Å². The Labute approximate surface area is 98.3 Å². The van der Waals surface area contributed by atoms with E-state index >= 15 is 0 Å². The molecule has 16 heavy (non-hydrogen) atoms. The van der Waals surface area contributed by atoms with Crippen LogP contribution >= 0.6 is 11.5 Å². The van der Waals surface area contributed by atoms with Crippen LogP contribution in [0.3, 0.4) is 0 Å². The first kappa shape index (κ1) is 12.6. The summed E-state index contributed by atoms with van der Waals surface area (Å²) in [5.41, 5.74) is 0.755. The Bertz CT molecular complexity index is 343. The highest BCUT2D eigenvalue weighted by Gasteiger charge is 2.16. The normalized spacial score (nSPS) is 9.75. The van der Waals surface area contributed by atoms with Gasteiger partial charge in [0.2, 0.25) is 10.9 Å². The molecular formula is C9H15N3O3S. The second-order valence-corrected chi connectivity index (χ2v) is 3.95. The van der Waals surface area contributed by atoms with E-state index in [-0.39, 0.29) is 6.03 Å². The van der Waals surface area contributed by atoms with Gasteiger partial charge in [0, 0.05) is 25.6 Å². The van der Waals surface area contributed by atoms with Crippen molar-refractivity contribution in [3.05, 3.63) is 5.56 Å². The number of methoxy groups -OCH3 is 2. The molecule has 1 aromatic heterocycles. The van der Waals surface area contributed by atoms with Gasteiger partial charge in [0.15, 0.2) is 0 Å². The first-order valence-corrected chi connectivity index (χ1v) is 5.39. The Balaban J connectivity index is 2.71. The van der Waals surface area contributed by atoms with Gasteiger partial charge in [-0.1, -0.05) is 0 Å². The predicted molar refractivity (Wildman–Crippen MR) is 61.1 cm³/mol. The summed E-state index contributed by atoms with van der Waals surface area (Å²) in [6.45, 7) is 0.333. The third-order valence-electron chi connectivity index (χ3n) is 1.92. The standard InChI is InChI=1S/C9H15N3O3S/c1-12(2)9(13)10-5-6-7(14-3)11-16-8(6)15-4/h5H2,1-4H3,(H,10,13). The number of hydrogen-bond donors (Lipinski definition) is 1. The van der Waals surface area contributed by atoms with E-state index in [4.69, 9.17) is 9.47 Å². The molecule has 1 N–H and O–H groups in total. The number of nitrogens with one attached hydrogen (secondary N) is 1. The molecule has 0 atom stereocenters. The lowest BCUT2D eigenvalue weighted by Gasteiger charge is -2.12. The quantitative estimate of drug-likeness (QED) is 0.857. The van der Waals surface area contributed by atoms with Gasteiger partial charge in [-0.15, -0.1) is 0 Å². The molecule has 0 fully saturated rings. The second-order valence-electron chi connectivity index (χ2n) is 3.22. The van der Waals surface area contributed by atoms with Gasteiger partial charge < -0.3 is 19.7 Å². The third-order valence-corrected chi connectivity index (χ3v) is 2.75. The fraction of sp³-hybridized carbons (Fsp3) is 0.556. The van der Waals surface area contributed by atoms with E-state index in [1.54, 1.807) is 21.2 Å². The van der Waals surface area contributed by atoms with Gasteiger partial charge in [0.1, 0.15) is 0 Å². The van der Waals surface area contributed by atoms with Gasteiger partial charge >= 0.3 is 6.03 Å². The van der Waals surface area contributed by atoms with Crippen LogP contribution in [0.25, 0.3) is 0 Å². The summed E-state index contributed by atoms with van der Waals surface area (Å²) in [7, 11) is 6.45. The van der Waals surface area contributed by atoms with E-state index < -0.39 is 0 Å².